The second-order valence-corrected chi connectivity index (χ2v) is 11.4. The molecular weight excluding hydrogens is 594 g/mol. The first-order valence-corrected chi connectivity index (χ1v) is 14.7. The van der Waals surface area contributed by atoms with Crippen LogP contribution in [0.1, 0.15) is 18.4 Å². The van der Waals surface area contributed by atoms with E-state index in [9.17, 15) is 18.0 Å². The zero-order valence-electron chi connectivity index (χ0n) is 21.8. The molecule has 0 radical (unpaired) electrons. The van der Waals surface area contributed by atoms with Crippen molar-refractivity contribution in [2.45, 2.75) is 24.2 Å². The first kappa shape index (κ1) is 29.3. The highest BCUT2D eigenvalue weighted by molar-refractivity contribution is 7.99. The molecule has 41 heavy (non-hydrogen) atoms. The zero-order valence-corrected chi connectivity index (χ0v) is 24.1. The summed E-state index contributed by atoms with van der Waals surface area (Å²) in [6.45, 7) is 1.90. The number of halogens is 5. The van der Waals surface area contributed by atoms with Crippen molar-refractivity contribution in [3.05, 3.63) is 88.4 Å². The fraction of sp³-hybridized carbons (Fsp3) is 0.276. The number of hydrogen-bond donors (Lipinski definition) is 0. The fourth-order valence-corrected chi connectivity index (χ4v) is 5.82. The zero-order chi connectivity index (χ0) is 29.0. The quantitative estimate of drug-likeness (QED) is 0.151. The van der Waals surface area contributed by atoms with E-state index < -0.39 is 11.7 Å². The van der Waals surface area contributed by atoms with Gasteiger partial charge in [0.1, 0.15) is 0 Å². The Hall–Kier alpha value is -3.21. The number of carbonyl (C=O) groups excluding carboxylic acids is 1. The van der Waals surface area contributed by atoms with Crippen LogP contribution in [0.2, 0.25) is 10.0 Å². The fourth-order valence-electron chi connectivity index (χ4n) is 4.63. The Morgan fingerprint density at radius 3 is 2.32 bits per heavy atom. The maximum absolute atomic E-state index is 13.1. The number of aromatic nitrogens is 3. The lowest BCUT2D eigenvalue weighted by atomic mass is 10.1. The highest BCUT2D eigenvalue weighted by Gasteiger charge is 2.31. The van der Waals surface area contributed by atoms with E-state index in [1.807, 2.05) is 45.9 Å². The van der Waals surface area contributed by atoms with Gasteiger partial charge in [0.05, 0.1) is 21.3 Å². The Morgan fingerprint density at radius 2 is 1.61 bits per heavy atom. The smallest absolute Gasteiger partial charge is 0.368 e. The monoisotopic (exact) mass is 619 g/mol. The predicted octanol–water partition coefficient (Wildman–Crippen LogP) is 7.48. The Bertz CT molecular complexity index is 1510. The van der Waals surface area contributed by atoms with Crippen LogP contribution in [0.15, 0.2) is 78.0 Å². The Labute approximate surface area is 250 Å². The molecule has 1 saturated heterocycles. The molecule has 5 rings (SSSR count). The molecule has 0 atom stereocenters. The van der Waals surface area contributed by atoms with Gasteiger partial charge in [-0.3, -0.25) is 9.36 Å². The molecule has 0 unspecified atom stereocenters. The molecule has 214 valence electrons. The van der Waals surface area contributed by atoms with Crippen LogP contribution in [0.4, 0.5) is 18.9 Å². The molecule has 3 aromatic carbocycles. The molecule has 0 bridgehead atoms. The van der Waals surface area contributed by atoms with Gasteiger partial charge in [0, 0.05) is 49.6 Å². The number of thioether (sulfide) groups is 1. The van der Waals surface area contributed by atoms with Crippen LogP contribution < -0.4 is 4.90 Å². The molecule has 6 nitrogen and oxygen atoms in total. The van der Waals surface area contributed by atoms with Crippen molar-refractivity contribution in [1.82, 2.24) is 19.7 Å². The average Bonchev–Trinajstić information content (AvgIpc) is 3.41. The summed E-state index contributed by atoms with van der Waals surface area (Å²) in [4.78, 5) is 16.5. The van der Waals surface area contributed by atoms with Crippen molar-refractivity contribution in [3.8, 4) is 17.1 Å². The second-order valence-electron chi connectivity index (χ2n) is 9.47. The van der Waals surface area contributed by atoms with Gasteiger partial charge in [-0.05, 0) is 42.8 Å². The lowest BCUT2D eigenvalue weighted by molar-refractivity contribution is -0.137. The van der Waals surface area contributed by atoms with Gasteiger partial charge in [0.2, 0.25) is 5.91 Å². The Balaban J connectivity index is 1.17. The average molecular weight is 621 g/mol. The lowest BCUT2D eigenvalue weighted by Gasteiger charge is -2.36. The molecular formula is C29H26Cl2F3N5OS. The van der Waals surface area contributed by atoms with Gasteiger partial charge in [0.25, 0.3) is 0 Å². The van der Waals surface area contributed by atoms with Gasteiger partial charge in [-0.1, -0.05) is 71.4 Å². The van der Waals surface area contributed by atoms with E-state index in [0.717, 1.165) is 23.4 Å². The number of carbonyl (C=O) groups is 1. The minimum absolute atomic E-state index is 0.0326. The number of benzene rings is 3. The minimum Gasteiger partial charge on any atom is -0.368 e. The van der Waals surface area contributed by atoms with E-state index in [-0.39, 0.29) is 5.91 Å². The summed E-state index contributed by atoms with van der Waals surface area (Å²) >= 11 is 13.9. The number of rotatable bonds is 8. The summed E-state index contributed by atoms with van der Waals surface area (Å²) in [6, 6.07) is 20.4. The third-order valence-electron chi connectivity index (χ3n) is 6.76. The maximum atomic E-state index is 13.1. The Morgan fingerprint density at radius 1 is 0.854 bits per heavy atom. The molecule has 12 heteroatoms. The van der Waals surface area contributed by atoms with E-state index in [1.165, 1.54) is 17.8 Å². The van der Waals surface area contributed by atoms with Gasteiger partial charge in [-0.15, -0.1) is 10.2 Å². The molecule has 0 spiro atoms. The first-order chi connectivity index (χ1) is 19.7. The van der Waals surface area contributed by atoms with E-state index >= 15 is 0 Å². The van der Waals surface area contributed by atoms with Crippen LogP contribution in [-0.2, 0) is 11.0 Å². The largest absolute Gasteiger partial charge is 0.416 e. The van der Waals surface area contributed by atoms with Crippen LogP contribution in [0.3, 0.4) is 0 Å². The second kappa shape index (κ2) is 12.8. The molecule has 2 heterocycles. The number of alkyl halides is 3. The molecule has 4 aromatic rings. The number of piperazine rings is 1. The van der Waals surface area contributed by atoms with Crippen molar-refractivity contribution < 1.29 is 18.0 Å². The van der Waals surface area contributed by atoms with E-state index in [4.69, 9.17) is 23.2 Å². The van der Waals surface area contributed by atoms with Gasteiger partial charge >= 0.3 is 6.18 Å². The number of hydrogen-bond acceptors (Lipinski definition) is 5. The molecule has 0 saturated carbocycles. The lowest BCUT2D eigenvalue weighted by Crippen LogP contribution is -2.48. The summed E-state index contributed by atoms with van der Waals surface area (Å²) < 4.78 is 41.2. The maximum Gasteiger partial charge on any atom is 0.416 e. The van der Waals surface area contributed by atoms with Crippen molar-refractivity contribution in [2.24, 2.45) is 0 Å². The van der Waals surface area contributed by atoms with Gasteiger partial charge < -0.3 is 9.80 Å². The summed E-state index contributed by atoms with van der Waals surface area (Å²) in [5.41, 5.74) is 1.53. The molecule has 1 aromatic heterocycles. The van der Waals surface area contributed by atoms with Crippen molar-refractivity contribution in [1.29, 1.82) is 0 Å². The SMILES string of the molecule is O=C(CCCSc1nnc(-c2ccccc2)n1-c1ccc(Cl)c(Cl)c1)N1CCN(c2cccc(C(F)(F)F)c2)CC1. The summed E-state index contributed by atoms with van der Waals surface area (Å²) in [5, 5.41) is 10.4. The van der Waals surface area contributed by atoms with Gasteiger partial charge in [-0.25, -0.2) is 0 Å². The summed E-state index contributed by atoms with van der Waals surface area (Å²) in [7, 11) is 0. The van der Waals surface area contributed by atoms with Crippen LogP contribution in [0, 0.1) is 0 Å². The molecule has 0 aliphatic carbocycles. The van der Waals surface area contributed by atoms with E-state index in [2.05, 4.69) is 10.2 Å². The van der Waals surface area contributed by atoms with E-state index in [1.54, 1.807) is 23.1 Å². The highest BCUT2D eigenvalue weighted by atomic mass is 35.5. The number of amides is 1. The van der Waals surface area contributed by atoms with Crippen LogP contribution in [-0.4, -0.2) is 57.5 Å². The minimum atomic E-state index is -4.38. The summed E-state index contributed by atoms with van der Waals surface area (Å²) in [6.07, 6.45) is -3.39. The Kier molecular flexibility index (Phi) is 9.11. The van der Waals surface area contributed by atoms with E-state index in [0.29, 0.717) is 71.5 Å². The third kappa shape index (κ3) is 6.99. The molecule has 1 amide bonds. The molecule has 0 N–H and O–H groups in total. The number of nitrogens with zero attached hydrogens (tertiary/aromatic N) is 5. The predicted molar refractivity (Wildman–Crippen MR) is 157 cm³/mol. The van der Waals surface area contributed by atoms with Crippen LogP contribution in [0.25, 0.3) is 17.1 Å². The number of anilines is 1. The van der Waals surface area contributed by atoms with Gasteiger partial charge in [0.15, 0.2) is 11.0 Å². The highest BCUT2D eigenvalue weighted by Crippen LogP contribution is 2.33. The topological polar surface area (TPSA) is 54.3 Å². The standard InChI is InChI=1S/C29H26Cl2F3N5OS/c30-24-12-11-23(19-25(24)31)39-27(20-6-2-1-3-7-20)35-36-28(39)41-17-5-10-26(40)38-15-13-37(14-16-38)22-9-4-8-21(18-22)29(32,33)34/h1-4,6-9,11-12,18-19H,5,10,13-17H2. The van der Waals surface area contributed by atoms with Gasteiger partial charge in [-0.2, -0.15) is 13.2 Å². The molecule has 1 aliphatic rings. The van der Waals surface area contributed by atoms with Crippen molar-refractivity contribution in [3.63, 3.8) is 0 Å². The van der Waals surface area contributed by atoms with Crippen LogP contribution >= 0.6 is 35.0 Å². The van der Waals surface area contributed by atoms with Crippen molar-refractivity contribution >= 4 is 46.6 Å². The summed E-state index contributed by atoms with van der Waals surface area (Å²) in [5.74, 6) is 1.34. The molecule has 1 aliphatic heterocycles. The third-order valence-corrected chi connectivity index (χ3v) is 8.52. The van der Waals surface area contributed by atoms with Crippen LogP contribution in [0.5, 0.6) is 0 Å². The first-order valence-electron chi connectivity index (χ1n) is 13.0. The molecule has 1 fully saturated rings. The normalized spacial score (nSPS) is 14.0. The van der Waals surface area contributed by atoms with Crippen molar-refractivity contribution in [2.75, 3.05) is 36.8 Å².